The Morgan fingerprint density at radius 3 is 2.71 bits per heavy atom. The maximum absolute atomic E-state index is 13.5. The number of halogens is 1. The number of hydrogen-bond donors (Lipinski definition) is 3. The summed E-state index contributed by atoms with van der Waals surface area (Å²) in [6.45, 7) is 5.18. The molecule has 146 valence electrons. The zero-order valence-corrected chi connectivity index (χ0v) is 15.7. The van der Waals surface area contributed by atoms with Gasteiger partial charge in [0.05, 0.1) is 24.3 Å². The highest BCUT2D eigenvalue weighted by molar-refractivity contribution is 5.79. The number of aromatic amines is 2. The average molecular weight is 385 g/mol. The molecule has 0 spiro atoms. The number of aromatic nitrogens is 4. The van der Waals surface area contributed by atoms with Gasteiger partial charge in [0.15, 0.2) is 0 Å². The number of amides is 1. The van der Waals surface area contributed by atoms with E-state index in [1.807, 2.05) is 6.92 Å². The average Bonchev–Trinajstić information content (AvgIpc) is 2.99. The van der Waals surface area contributed by atoms with Crippen molar-refractivity contribution < 1.29 is 9.18 Å². The first kappa shape index (κ1) is 19.3. The zero-order chi connectivity index (χ0) is 20.4. The Morgan fingerprint density at radius 1 is 1.29 bits per heavy atom. The van der Waals surface area contributed by atoms with Crippen LogP contribution >= 0.6 is 0 Å². The molecule has 0 fully saturated rings. The van der Waals surface area contributed by atoms with E-state index in [9.17, 15) is 18.8 Å². The largest absolute Gasteiger partial charge is 0.349 e. The lowest BCUT2D eigenvalue weighted by Crippen LogP contribution is -2.33. The lowest BCUT2D eigenvalue weighted by molar-refractivity contribution is -0.121. The number of rotatable bonds is 5. The molecular formula is C19H20FN5O3. The number of hydrogen-bond acceptors (Lipinski definition) is 4. The van der Waals surface area contributed by atoms with Gasteiger partial charge in [0.1, 0.15) is 5.82 Å². The van der Waals surface area contributed by atoms with Crippen LogP contribution in [-0.4, -0.2) is 25.7 Å². The van der Waals surface area contributed by atoms with Gasteiger partial charge in [-0.25, -0.2) is 13.9 Å². The monoisotopic (exact) mass is 385 g/mol. The van der Waals surface area contributed by atoms with Crippen molar-refractivity contribution in [3.05, 3.63) is 79.6 Å². The van der Waals surface area contributed by atoms with Gasteiger partial charge in [-0.1, -0.05) is 6.07 Å². The van der Waals surface area contributed by atoms with E-state index in [0.29, 0.717) is 11.4 Å². The number of carbonyl (C=O) groups excluding carboxylic acids is 1. The third kappa shape index (κ3) is 3.93. The molecule has 3 rings (SSSR count). The van der Waals surface area contributed by atoms with Crippen LogP contribution in [0.25, 0.3) is 5.69 Å². The molecule has 0 aliphatic heterocycles. The number of nitrogens with zero attached hydrogens (tertiary/aromatic N) is 2. The molecular weight excluding hydrogens is 365 g/mol. The van der Waals surface area contributed by atoms with Crippen LogP contribution in [0.4, 0.5) is 4.39 Å². The number of carbonyl (C=O) groups is 1. The maximum atomic E-state index is 13.5. The van der Waals surface area contributed by atoms with E-state index in [4.69, 9.17) is 0 Å². The summed E-state index contributed by atoms with van der Waals surface area (Å²) in [5.74, 6) is -0.733. The van der Waals surface area contributed by atoms with Crippen LogP contribution in [0.3, 0.4) is 0 Å². The van der Waals surface area contributed by atoms with Crippen LogP contribution in [0.15, 0.2) is 40.1 Å². The number of aryl methyl sites for hydroxylation is 1. The summed E-state index contributed by atoms with van der Waals surface area (Å²) in [7, 11) is 0. The molecule has 3 N–H and O–H groups in total. The molecule has 0 bridgehead atoms. The van der Waals surface area contributed by atoms with E-state index < -0.39 is 11.2 Å². The Bertz CT molecular complexity index is 1140. The molecule has 0 unspecified atom stereocenters. The topological polar surface area (TPSA) is 113 Å². The molecule has 1 amide bonds. The van der Waals surface area contributed by atoms with Crippen LogP contribution in [0, 0.1) is 19.7 Å². The van der Waals surface area contributed by atoms with Gasteiger partial charge in [0.25, 0.3) is 5.56 Å². The van der Waals surface area contributed by atoms with Gasteiger partial charge in [0, 0.05) is 22.5 Å². The molecule has 1 aromatic carbocycles. The Morgan fingerprint density at radius 2 is 2.04 bits per heavy atom. The van der Waals surface area contributed by atoms with Gasteiger partial charge in [-0.3, -0.25) is 14.6 Å². The molecule has 2 heterocycles. The van der Waals surface area contributed by atoms with Crippen LogP contribution < -0.4 is 16.6 Å². The molecule has 0 radical (unpaired) electrons. The summed E-state index contributed by atoms with van der Waals surface area (Å²) in [5.41, 5.74) is 1.47. The van der Waals surface area contributed by atoms with E-state index in [2.05, 4.69) is 20.4 Å². The Balaban J connectivity index is 1.77. The van der Waals surface area contributed by atoms with E-state index in [-0.39, 0.29) is 29.8 Å². The van der Waals surface area contributed by atoms with Crippen molar-refractivity contribution in [2.45, 2.75) is 33.2 Å². The molecule has 3 aromatic rings. The van der Waals surface area contributed by atoms with Crippen molar-refractivity contribution in [2.75, 3.05) is 0 Å². The van der Waals surface area contributed by atoms with Crippen LogP contribution in [0.5, 0.6) is 0 Å². The molecule has 0 aliphatic rings. The van der Waals surface area contributed by atoms with Crippen LogP contribution in [0.1, 0.15) is 35.5 Å². The second-order valence-corrected chi connectivity index (χ2v) is 6.55. The first-order valence-electron chi connectivity index (χ1n) is 8.68. The predicted molar refractivity (Wildman–Crippen MR) is 101 cm³/mol. The molecule has 0 saturated heterocycles. The Labute approximate surface area is 159 Å². The van der Waals surface area contributed by atoms with Crippen molar-refractivity contribution >= 4 is 5.91 Å². The fourth-order valence-electron chi connectivity index (χ4n) is 3.09. The number of nitrogens with one attached hydrogen (secondary N) is 3. The van der Waals surface area contributed by atoms with Crippen molar-refractivity contribution in [3.63, 3.8) is 0 Å². The van der Waals surface area contributed by atoms with Gasteiger partial charge in [-0.2, -0.15) is 5.10 Å². The minimum atomic E-state index is -0.611. The molecule has 9 heteroatoms. The molecule has 0 saturated carbocycles. The normalized spacial score (nSPS) is 12.0. The second-order valence-electron chi connectivity index (χ2n) is 6.55. The van der Waals surface area contributed by atoms with E-state index in [0.717, 1.165) is 11.3 Å². The van der Waals surface area contributed by atoms with Crippen molar-refractivity contribution in [1.29, 1.82) is 0 Å². The third-order valence-corrected chi connectivity index (χ3v) is 4.54. The molecule has 0 aliphatic carbocycles. The molecule has 28 heavy (non-hydrogen) atoms. The summed E-state index contributed by atoms with van der Waals surface area (Å²) in [4.78, 5) is 40.1. The highest BCUT2D eigenvalue weighted by Gasteiger charge is 2.18. The minimum absolute atomic E-state index is 0.167. The standard InChI is InChI=1S/C19H20FN5O3/c1-10-15(18(27)24-19(28)23-10)8-17(26)22-11(2)16-9-21-25(12(16)3)14-6-4-5-13(20)7-14/h4-7,9,11H,8H2,1-3H3,(H,22,26)(H2,23,24,27,28)/t11-/m1/s1. The first-order valence-corrected chi connectivity index (χ1v) is 8.68. The summed E-state index contributed by atoms with van der Waals surface area (Å²) < 4.78 is 15.1. The fraction of sp³-hybridized carbons (Fsp3) is 0.263. The number of benzene rings is 1. The van der Waals surface area contributed by atoms with Gasteiger partial charge < -0.3 is 10.3 Å². The minimum Gasteiger partial charge on any atom is -0.349 e. The van der Waals surface area contributed by atoms with E-state index in [1.165, 1.54) is 12.1 Å². The summed E-state index contributed by atoms with van der Waals surface area (Å²) in [5, 5.41) is 7.10. The summed E-state index contributed by atoms with van der Waals surface area (Å²) >= 11 is 0. The Hall–Kier alpha value is -3.49. The van der Waals surface area contributed by atoms with Crippen LogP contribution in [0.2, 0.25) is 0 Å². The molecule has 2 aromatic heterocycles. The second kappa shape index (κ2) is 7.63. The number of H-pyrrole nitrogens is 2. The van der Waals surface area contributed by atoms with Crippen molar-refractivity contribution in [2.24, 2.45) is 0 Å². The lowest BCUT2D eigenvalue weighted by atomic mass is 10.1. The quantitative estimate of drug-likeness (QED) is 0.617. The molecule has 8 nitrogen and oxygen atoms in total. The van der Waals surface area contributed by atoms with Crippen LogP contribution in [-0.2, 0) is 11.2 Å². The SMILES string of the molecule is Cc1[nH]c(=O)[nH]c(=O)c1CC(=O)N[C@H](C)c1cnn(-c2cccc(F)c2)c1C. The van der Waals surface area contributed by atoms with Gasteiger partial charge in [-0.05, 0) is 39.0 Å². The summed E-state index contributed by atoms with van der Waals surface area (Å²) in [6, 6.07) is 5.68. The summed E-state index contributed by atoms with van der Waals surface area (Å²) in [6.07, 6.45) is 1.45. The van der Waals surface area contributed by atoms with Gasteiger partial charge in [0.2, 0.25) is 5.91 Å². The zero-order valence-electron chi connectivity index (χ0n) is 15.7. The third-order valence-electron chi connectivity index (χ3n) is 4.54. The van der Waals surface area contributed by atoms with Crippen molar-refractivity contribution in [3.8, 4) is 5.69 Å². The fourth-order valence-corrected chi connectivity index (χ4v) is 3.09. The maximum Gasteiger partial charge on any atom is 0.325 e. The van der Waals surface area contributed by atoms with Gasteiger partial charge >= 0.3 is 5.69 Å². The molecule has 1 atom stereocenters. The lowest BCUT2D eigenvalue weighted by Gasteiger charge is -2.14. The van der Waals surface area contributed by atoms with E-state index in [1.54, 1.807) is 36.9 Å². The van der Waals surface area contributed by atoms with Crippen molar-refractivity contribution in [1.82, 2.24) is 25.1 Å². The predicted octanol–water partition coefficient (Wildman–Crippen LogP) is 1.42. The highest BCUT2D eigenvalue weighted by Crippen LogP contribution is 2.20. The Kier molecular flexibility index (Phi) is 5.25. The highest BCUT2D eigenvalue weighted by atomic mass is 19.1. The van der Waals surface area contributed by atoms with E-state index >= 15 is 0 Å². The first-order chi connectivity index (χ1) is 13.3. The smallest absolute Gasteiger partial charge is 0.325 e. The van der Waals surface area contributed by atoms with Gasteiger partial charge in [-0.15, -0.1) is 0 Å².